The van der Waals surface area contributed by atoms with E-state index in [-0.39, 0.29) is 42.5 Å². The van der Waals surface area contributed by atoms with Crippen LogP contribution in [0, 0.1) is 23.8 Å². The molecular formula is C39H43IrN2O2-. The minimum Gasteiger partial charge on any atom is -0.512 e. The van der Waals surface area contributed by atoms with Gasteiger partial charge in [-0.1, -0.05) is 105 Å². The molecule has 4 aromatic carbocycles. The molecule has 0 bridgehead atoms. The van der Waals surface area contributed by atoms with E-state index in [0.717, 1.165) is 16.5 Å². The Morgan fingerprint density at radius 2 is 1.45 bits per heavy atom. The Balaban J connectivity index is 0.000000271. The van der Waals surface area contributed by atoms with Crippen molar-refractivity contribution in [2.24, 2.45) is 10.8 Å². The van der Waals surface area contributed by atoms with Crippen molar-refractivity contribution in [1.82, 2.24) is 9.55 Å². The number of fused-ring (bicyclic) bond motifs is 3. The molecule has 0 saturated heterocycles. The Bertz CT molecular complexity index is 1990. The number of allylic oxidation sites excluding steroid dienone is 2. The van der Waals surface area contributed by atoms with Gasteiger partial charge < -0.3 is 14.7 Å². The van der Waals surface area contributed by atoms with Crippen LogP contribution in [0.3, 0.4) is 0 Å². The summed E-state index contributed by atoms with van der Waals surface area (Å²) >= 11 is 0. The van der Waals surface area contributed by atoms with Crippen molar-refractivity contribution in [3.63, 3.8) is 0 Å². The van der Waals surface area contributed by atoms with Gasteiger partial charge in [-0.3, -0.25) is 4.79 Å². The molecule has 1 radical (unpaired) electrons. The van der Waals surface area contributed by atoms with Crippen LogP contribution in [0.2, 0.25) is 0 Å². The van der Waals surface area contributed by atoms with Crippen molar-refractivity contribution < 1.29 is 30.0 Å². The molecule has 44 heavy (non-hydrogen) atoms. The van der Waals surface area contributed by atoms with Gasteiger partial charge in [0.1, 0.15) is 5.76 Å². The maximum atomic E-state index is 11.5. The minimum atomic E-state index is -0.417. The Hall–Kier alpha value is -3.53. The number of aryl methyl sites for hydroxylation is 1. The molecule has 0 atom stereocenters. The molecule has 1 N–H and O–H groups in total. The maximum Gasteiger partial charge on any atom is 0.164 e. The topological polar surface area (TPSA) is 55.1 Å². The zero-order valence-corrected chi connectivity index (χ0v) is 29.9. The van der Waals surface area contributed by atoms with E-state index in [9.17, 15) is 9.90 Å². The van der Waals surface area contributed by atoms with Crippen LogP contribution in [-0.4, -0.2) is 20.4 Å². The summed E-state index contributed by atoms with van der Waals surface area (Å²) in [6.07, 6.45) is 3.22. The third-order valence-corrected chi connectivity index (χ3v) is 8.06. The number of aliphatic hydroxyl groups excluding tert-OH is 1. The summed E-state index contributed by atoms with van der Waals surface area (Å²) in [5, 5.41) is 15.7. The smallest absolute Gasteiger partial charge is 0.164 e. The molecule has 0 aliphatic heterocycles. The molecule has 0 saturated carbocycles. The van der Waals surface area contributed by atoms with Crippen molar-refractivity contribution in [3.05, 3.63) is 95.9 Å². The molecule has 0 spiro atoms. The largest absolute Gasteiger partial charge is 0.512 e. The van der Waals surface area contributed by atoms with Crippen LogP contribution in [0.1, 0.15) is 73.4 Å². The van der Waals surface area contributed by atoms with Crippen molar-refractivity contribution in [2.45, 2.75) is 74.7 Å². The quantitative estimate of drug-likeness (QED) is 0.0827. The molecule has 2 aromatic heterocycles. The first-order valence-corrected chi connectivity index (χ1v) is 15.0. The van der Waals surface area contributed by atoms with E-state index < -0.39 is 5.41 Å². The van der Waals surface area contributed by atoms with Gasteiger partial charge in [-0.25, -0.2) is 0 Å². The van der Waals surface area contributed by atoms with Crippen LogP contribution in [0.4, 0.5) is 0 Å². The minimum absolute atomic E-state index is 0. The molecule has 0 aliphatic rings. The molecule has 6 aromatic rings. The van der Waals surface area contributed by atoms with E-state index >= 15 is 0 Å². The first-order chi connectivity index (χ1) is 20.0. The van der Waals surface area contributed by atoms with Gasteiger partial charge in [0.15, 0.2) is 5.78 Å². The van der Waals surface area contributed by atoms with Gasteiger partial charge in [-0.15, -0.1) is 23.1 Å². The molecule has 5 heteroatoms. The van der Waals surface area contributed by atoms with Crippen LogP contribution in [0.15, 0.2) is 78.7 Å². The third kappa shape index (κ3) is 6.18. The number of aromatic nitrogens is 2. The van der Waals surface area contributed by atoms with Crippen molar-refractivity contribution in [1.29, 1.82) is 0 Å². The van der Waals surface area contributed by atoms with Crippen LogP contribution in [-0.2, 0) is 30.3 Å². The van der Waals surface area contributed by atoms with E-state index in [1.165, 1.54) is 49.9 Å². The fourth-order valence-corrected chi connectivity index (χ4v) is 5.42. The summed E-state index contributed by atoms with van der Waals surface area (Å²) < 4.78 is 2.40. The van der Waals surface area contributed by atoms with Crippen molar-refractivity contribution >= 4 is 49.3 Å². The van der Waals surface area contributed by atoms with Gasteiger partial charge in [-0.05, 0) is 62.4 Å². The SMILES string of the molecule is CC(C)(C)C(=O)/C=C(\O)C(C)(C)C.Cc1[c-]c2c3ncccc3c3cccc4c3c2c(c1)n4-c1ccc(C(C)(C)C)cc1.[Ir]. The number of ketones is 1. The summed E-state index contributed by atoms with van der Waals surface area (Å²) in [5.74, 6) is 0.104. The number of carbonyl (C=O) groups excluding carboxylic acids is 1. The number of benzene rings is 4. The van der Waals surface area contributed by atoms with Crippen LogP contribution >= 0.6 is 0 Å². The second kappa shape index (κ2) is 11.8. The first-order valence-electron chi connectivity index (χ1n) is 15.0. The molecule has 231 valence electrons. The number of aliphatic hydroxyl groups is 1. The first kappa shape index (κ1) is 33.4. The van der Waals surface area contributed by atoms with Gasteiger partial charge in [0.25, 0.3) is 0 Å². The number of hydrogen-bond acceptors (Lipinski definition) is 3. The van der Waals surface area contributed by atoms with Crippen LogP contribution in [0.5, 0.6) is 0 Å². The Morgan fingerprint density at radius 1 is 0.818 bits per heavy atom. The average Bonchev–Trinajstić information content (AvgIpc) is 3.25. The normalized spacial score (nSPS) is 12.9. The summed E-state index contributed by atoms with van der Waals surface area (Å²) in [7, 11) is 0. The molecule has 4 nitrogen and oxygen atoms in total. The zero-order chi connectivity index (χ0) is 31.5. The van der Waals surface area contributed by atoms with Crippen LogP contribution < -0.4 is 0 Å². The van der Waals surface area contributed by atoms with E-state index in [1.807, 2.05) is 53.8 Å². The van der Waals surface area contributed by atoms with Crippen LogP contribution in [0.25, 0.3) is 49.2 Å². The van der Waals surface area contributed by atoms with Gasteiger partial charge in [0.05, 0.1) is 0 Å². The van der Waals surface area contributed by atoms with E-state index in [1.54, 1.807) is 0 Å². The molecule has 0 aliphatic carbocycles. The average molecular weight is 764 g/mol. The molecule has 0 fully saturated rings. The molecular weight excluding hydrogens is 721 g/mol. The number of hydrogen-bond donors (Lipinski definition) is 1. The van der Waals surface area contributed by atoms with E-state index in [0.29, 0.717) is 0 Å². The molecule has 0 unspecified atom stereocenters. The Morgan fingerprint density at radius 3 is 2.05 bits per heavy atom. The number of nitrogens with zero attached hydrogens (tertiary/aromatic N) is 2. The monoisotopic (exact) mass is 764 g/mol. The fraction of sp³-hybridized carbons (Fsp3) is 0.333. The van der Waals surface area contributed by atoms with E-state index in [4.69, 9.17) is 4.98 Å². The summed E-state index contributed by atoms with van der Waals surface area (Å²) in [6, 6.07) is 25.7. The predicted molar refractivity (Wildman–Crippen MR) is 182 cm³/mol. The number of pyridine rings is 1. The van der Waals surface area contributed by atoms with Gasteiger partial charge in [0.2, 0.25) is 0 Å². The number of carbonyl (C=O) groups is 1. The molecule has 0 amide bonds. The predicted octanol–water partition coefficient (Wildman–Crippen LogP) is 10.4. The zero-order valence-electron chi connectivity index (χ0n) is 27.5. The number of rotatable bonds is 2. The molecule has 2 heterocycles. The van der Waals surface area contributed by atoms with Crippen molar-refractivity contribution in [3.8, 4) is 5.69 Å². The standard InChI is InChI=1S/C28H23N2.C11H20O2.Ir/c1-17-15-22-26-24(16-17)30(19-12-10-18(11-13-19)28(2,3)4)23-9-5-7-20(25(23)26)21-8-6-14-29-27(21)22;1-10(2,3)8(12)7-9(13)11(4,5)6;/h5-14,16H,1-4H3;7,12H,1-6H3;/q-1;;/b;8-7-;. The Labute approximate surface area is 274 Å². The Kier molecular flexibility index (Phi) is 8.92. The second-order valence-corrected chi connectivity index (χ2v) is 14.7. The molecule has 6 rings (SSSR count). The van der Waals surface area contributed by atoms with Gasteiger partial charge >= 0.3 is 0 Å². The summed E-state index contributed by atoms with van der Waals surface area (Å²) in [4.78, 5) is 16.2. The van der Waals surface area contributed by atoms with E-state index in [2.05, 4.69) is 92.9 Å². The second-order valence-electron chi connectivity index (χ2n) is 14.7. The fourth-order valence-electron chi connectivity index (χ4n) is 5.42. The third-order valence-electron chi connectivity index (χ3n) is 8.06. The maximum absolute atomic E-state index is 11.5. The van der Waals surface area contributed by atoms with Gasteiger partial charge in [0, 0.05) is 54.4 Å². The van der Waals surface area contributed by atoms with Crippen molar-refractivity contribution in [2.75, 3.05) is 0 Å². The summed E-state index contributed by atoms with van der Waals surface area (Å²) in [5.41, 5.74) is 6.54. The van der Waals surface area contributed by atoms with Gasteiger partial charge in [-0.2, -0.15) is 0 Å². The summed E-state index contributed by atoms with van der Waals surface area (Å²) in [6.45, 7) is 20.0.